The molecule has 0 fully saturated rings. The molecule has 102 valence electrons. The summed E-state index contributed by atoms with van der Waals surface area (Å²) in [6.07, 6.45) is -3.80. The van der Waals surface area contributed by atoms with Gasteiger partial charge in [-0.25, -0.2) is 0 Å². The van der Waals surface area contributed by atoms with Crippen molar-refractivity contribution in [3.8, 4) is 0 Å². The van der Waals surface area contributed by atoms with Crippen molar-refractivity contribution in [3.05, 3.63) is 0 Å². The van der Waals surface area contributed by atoms with E-state index in [4.69, 9.17) is 11.6 Å². The molecule has 0 saturated carbocycles. The summed E-state index contributed by atoms with van der Waals surface area (Å²) in [5, 5.41) is 0. The minimum atomic E-state index is -4.40. The first kappa shape index (κ1) is 16.5. The van der Waals surface area contributed by atoms with Gasteiger partial charge >= 0.3 is 6.18 Å². The Morgan fingerprint density at radius 2 is 2.00 bits per heavy atom. The van der Waals surface area contributed by atoms with Gasteiger partial charge in [0, 0.05) is 18.5 Å². The fourth-order valence-corrected chi connectivity index (χ4v) is 1.36. The zero-order valence-corrected chi connectivity index (χ0v) is 10.6. The lowest BCUT2D eigenvalue weighted by Gasteiger charge is -2.26. The van der Waals surface area contributed by atoms with Crippen molar-refractivity contribution in [2.75, 3.05) is 25.6 Å². The van der Waals surface area contributed by atoms with E-state index in [1.165, 1.54) is 4.90 Å². The number of halogens is 4. The number of ether oxygens (including phenoxy) is 1. The molecule has 0 bridgehead atoms. The van der Waals surface area contributed by atoms with Gasteiger partial charge in [-0.05, 0) is 20.3 Å². The Morgan fingerprint density at radius 1 is 1.41 bits per heavy atom. The highest BCUT2D eigenvalue weighted by Gasteiger charge is 2.28. The Balaban J connectivity index is 4.06. The van der Waals surface area contributed by atoms with Crippen LogP contribution in [-0.4, -0.2) is 48.7 Å². The van der Waals surface area contributed by atoms with E-state index in [-0.39, 0.29) is 6.04 Å². The number of amides is 1. The Bertz CT molecular complexity index is 234. The van der Waals surface area contributed by atoms with E-state index >= 15 is 0 Å². The highest BCUT2D eigenvalue weighted by atomic mass is 35.5. The fourth-order valence-electron chi connectivity index (χ4n) is 1.24. The topological polar surface area (TPSA) is 29.5 Å². The maximum absolute atomic E-state index is 11.8. The predicted molar refractivity (Wildman–Crippen MR) is 59.1 cm³/mol. The van der Waals surface area contributed by atoms with Gasteiger partial charge in [0.25, 0.3) is 0 Å². The normalized spacial score (nSPS) is 11.9. The van der Waals surface area contributed by atoms with E-state index in [9.17, 15) is 18.0 Å². The molecule has 0 heterocycles. The number of carbonyl (C=O) groups excluding carboxylic acids is 1. The van der Waals surface area contributed by atoms with Crippen molar-refractivity contribution < 1.29 is 22.7 Å². The molecule has 0 aromatic carbocycles. The van der Waals surface area contributed by atoms with Crippen LogP contribution in [0.15, 0.2) is 0 Å². The van der Waals surface area contributed by atoms with Crippen molar-refractivity contribution in [1.82, 2.24) is 4.90 Å². The van der Waals surface area contributed by atoms with E-state index in [0.29, 0.717) is 18.8 Å². The average Bonchev–Trinajstić information content (AvgIpc) is 2.15. The number of alkyl halides is 4. The molecule has 0 aromatic rings. The van der Waals surface area contributed by atoms with Crippen molar-refractivity contribution in [2.45, 2.75) is 32.5 Å². The maximum Gasteiger partial charge on any atom is 0.411 e. The second-order valence-corrected chi connectivity index (χ2v) is 4.21. The van der Waals surface area contributed by atoms with Gasteiger partial charge in [-0.15, -0.1) is 11.6 Å². The van der Waals surface area contributed by atoms with Gasteiger partial charge in [0.1, 0.15) is 13.2 Å². The standard InChI is InChI=1S/C10H17ClF3NO2/c1-8(2)15(5-3-4-11)9(16)6-17-7-10(12,13)14/h8H,3-7H2,1-2H3. The van der Waals surface area contributed by atoms with Gasteiger partial charge in [-0.2, -0.15) is 13.2 Å². The van der Waals surface area contributed by atoms with Gasteiger partial charge in [0.15, 0.2) is 0 Å². The number of hydrogen-bond acceptors (Lipinski definition) is 2. The quantitative estimate of drug-likeness (QED) is 0.668. The van der Waals surface area contributed by atoms with E-state index in [1.807, 2.05) is 0 Å². The van der Waals surface area contributed by atoms with Crippen LogP contribution in [0.3, 0.4) is 0 Å². The fraction of sp³-hybridized carbons (Fsp3) is 0.900. The Morgan fingerprint density at radius 3 is 2.41 bits per heavy atom. The third-order valence-corrected chi connectivity index (χ3v) is 2.23. The average molecular weight is 276 g/mol. The molecule has 0 aliphatic rings. The summed E-state index contributed by atoms with van der Waals surface area (Å²) in [5.41, 5.74) is 0. The molecule has 0 aliphatic heterocycles. The van der Waals surface area contributed by atoms with Gasteiger partial charge in [-0.3, -0.25) is 4.79 Å². The van der Waals surface area contributed by atoms with Gasteiger partial charge in [0.05, 0.1) is 0 Å². The van der Waals surface area contributed by atoms with Crippen LogP contribution in [0.5, 0.6) is 0 Å². The molecule has 0 spiro atoms. The molecule has 0 unspecified atom stereocenters. The second-order valence-electron chi connectivity index (χ2n) is 3.83. The van der Waals surface area contributed by atoms with Crippen LogP contribution in [0, 0.1) is 0 Å². The minimum Gasteiger partial charge on any atom is -0.362 e. The van der Waals surface area contributed by atoms with Crippen molar-refractivity contribution in [1.29, 1.82) is 0 Å². The lowest BCUT2D eigenvalue weighted by molar-refractivity contribution is -0.178. The lowest BCUT2D eigenvalue weighted by Crippen LogP contribution is -2.40. The van der Waals surface area contributed by atoms with Gasteiger partial charge in [-0.1, -0.05) is 0 Å². The summed E-state index contributed by atoms with van der Waals surface area (Å²) < 4.78 is 39.7. The highest BCUT2D eigenvalue weighted by molar-refractivity contribution is 6.17. The highest BCUT2D eigenvalue weighted by Crippen LogP contribution is 2.14. The third-order valence-electron chi connectivity index (χ3n) is 1.97. The van der Waals surface area contributed by atoms with Crippen LogP contribution in [-0.2, 0) is 9.53 Å². The minimum absolute atomic E-state index is 0.0831. The molecule has 0 saturated heterocycles. The number of rotatable bonds is 7. The van der Waals surface area contributed by atoms with E-state index in [2.05, 4.69) is 4.74 Å². The SMILES string of the molecule is CC(C)N(CCCCl)C(=O)COCC(F)(F)F. The molecular weight excluding hydrogens is 259 g/mol. The summed E-state index contributed by atoms with van der Waals surface area (Å²) in [5.74, 6) is -0.0470. The number of hydrogen-bond donors (Lipinski definition) is 0. The monoisotopic (exact) mass is 275 g/mol. The zero-order chi connectivity index (χ0) is 13.5. The van der Waals surface area contributed by atoms with E-state index < -0.39 is 25.3 Å². The first-order valence-electron chi connectivity index (χ1n) is 5.28. The smallest absolute Gasteiger partial charge is 0.362 e. The van der Waals surface area contributed by atoms with Crippen molar-refractivity contribution in [2.24, 2.45) is 0 Å². The Kier molecular flexibility index (Phi) is 7.54. The Labute approximate surface area is 104 Å². The van der Waals surface area contributed by atoms with E-state index in [0.717, 1.165) is 0 Å². The summed E-state index contributed by atoms with van der Waals surface area (Å²) in [4.78, 5) is 13.0. The molecule has 1 amide bonds. The van der Waals surface area contributed by atoms with Crippen LogP contribution in [0.25, 0.3) is 0 Å². The predicted octanol–water partition coefficient (Wildman–Crippen LogP) is 2.43. The molecule has 0 N–H and O–H groups in total. The summed E-state index contributed by atoms with van der Waals surface area (Å²) in [7, 11) is 0. The first-order valence-corrected chi connectivity index (χ1v) is 5.81. The van der Waals surface area contributed by atoms with Crippen molar-refractivity contribution in [3.63, 3.8) is 0 Å². The van der Waals surface area contributed by atoms with Crippen LogP contribution < -0.4 is 0 Å². The van der Waals surface area contributed by atoms with Crippen LogP contribution in [0.2, 0.25) is 0 Å². The molecule has 0 radical (unpaired) electrons. The molecule has 0 atom stereocenters. The number of carbonyl (C=O) groups is 1. The van der Waals surface area contributed by atoms with Crippen LogP contribution in [0.4, 0.5) is 13.2 Å². The molecule has 7 heteroatoms. The largest absolute Gasteiger partial charge is 0.411 e. The summed E-state index contributed by atoms with van der Waals surface area (Å²) in [6, 6.07) is -0.0831. The molecule has 3 nitrogen and oxygen atoms in total. The third kappa shape index (κ3) is 8.26. The van der Waals surface area contributed by atoms with Crippen LogP contribution in [0.1, 0.15) is 20.3 Å². The Hall–Kier alpha value is -0.490. The zero-order valence-electron chi connectivity index (χ0n) is 9.89. The molecule has 0 aliphatic carbocycles. The molecule has 0 aromatic heterocycles. The van der Waals surface area contributed by atoms with Crippen molar-refractivity contribution >= 4 is 17.5 Å². The molecular formula is C10H17ClF3NO2. The van der Waals surface area contributed by atoms with Gasteiger partial charge in [0.2, 0.25) is 5.91 Å². The summed E-state index contributed by atoms with van der Waals surface area (Å²) in [6.45, 7) is 2.04. The molecule has 0 rings (SSSR count). The summed E-state index contributed by atoms with van der Waals surface area (Å²) >= 11 is 5.50. The first-order chi connectivity index (χ1) is 7.78. The van der Waals surface area contributed by atoms with Crippen LogP contribution >= 0.6 is 11.6 Å². The lowest BCUT2D eigenvalue weighted by atomic mass is 10.3. The van der Waals surface area contributed by atoms with E-state index in [1.54, 1.807) is 13.8 Å². The second kappa shape index (κ2) is 7.76. The molecule has 17 heavy (non-hydrogen) atoms. The number of nitrogens with zero attached hydrogens (tertiary/aromatic N) is 1. The maximum atomic E-state index is 11.8. The van der Waals surface area contributed by atoms with Gasteiger partial charge < -0.3 is 9.64 Å².